The third kappa shape index (κ3) is 2.84. The van der Waals surface area contributed by atoms with E-state index in [4.69, 9.17) is 21.9 Å². The standard InChI is InChI=1S/C12H14ClN3O/c1-8(7-14)12-15-11(16-17-12)6-9-4-2-3-5-10(9)13/h2-5,8H,6-7,14H2,1H3. The number of nitrogens with two attached hydrogens (primary N) is 1. The molecule has 17 heavy (non-hydrogen) atoms. The molecule has 0 amide bonds. The Kier molecular flexibility index (Phi) is 3.76. The Hall–Kier alpha value is -1.39. The Balaban J connectivity index is 2.14. The van der Waals surface area contributed by atoms with E-state index >= 15 is 0 Å². The van der Waals surface area contributed by atoms with Gasteiger partial charge in [0.05, 0.1) is 0 Å². The van der Waals surface area contributed by atoms with E-state index in [0.717, 1.165) is 5.56 Å². The van der Waals surface area contributed by atoms with Crippen LogP contribution in [-0.2, 0) is 6.42 Å². The molecule has 2 aromatic rings. The number of rotatable bonds is 4. The monoisotopic (exact) mass is 251 g/mol. The van der Waals surface area contributed by atoms with Crippen LogP contribution in [0.4, 0.5) is 0 Å². The topological polar surface area (TPSA) is 64.9 Å². The van der Waals surface area contributed by atoms with Crippen molar-refractivity contribution >= 4 is 11.6 Å². The van der Waals surface area contributed by atoms with Gasteiger partial charge in [-0.3, -0.25) is 0 Å². The fourth-order valence-electron chi connectivity index (χ4n) is 1.45. The van der Waals surface area contributed by atoms with Crippen LogP contribution in [0, 0.1) is 0 Å². The van der Waals surface area contributed by atoms with Crippen molar-refractivity contribution in [3.05, 3.63) is 46.6 Å². The van der Waals surface area contributed by atoms with Crippen molar-refractivity contribution in [2.24, 2.45) is 5.73 Å². The predicted octanol–water partition coefficient (Wildman–Crippen LogP) is 2.38. The Bertz CT molecular complexity index is 498. The van der Waals surface area contributed by atoms with Gasteiger partial charge in [0.1, 0.15) is 0 Å². The smallest absolute Gasteiger partial charge is 0.230 e. The van der Waals surface area contributed by atoms with Gasteiger partial charge in [0.15, 0.2) is 5.82 Å². The molecule has 0 radical (unpaired) electrons. The first-order valence-corrected chi connectivity index (χ1v) is 5.84. The molecule has 0 aliphatic rings. The number of hydrogen-bond donors (Lipinski definition) is 1. The van der Waals surface area contributed by atoms with Gasteiger partial charge in [-0.2, -0.15) is 4.98 Å². The van der Waals surface area contributed by atoms with E-state index < -0.39 is 0 Å². The van der Waals surface area contributed by atoms with Crippen molar-refractivity contribution in [2.75, 3.05) is 6.54 Å². The van der Waals surface area contributed by atoms with Crippen LogP contribution in [0.15, 0.2) is 28.8 Å². The molecule has 1 atom stereocenters. The zero-order valence-corrected chi connectivity index (χ0v) is 10.3. The van der Waals surface area contributed by atoms with Crippen LogP contribution in [0.5, 0.6) is 0 Å². The van der Waals surface area contributed by atoms with Gasteiger partial charge in [-0.15, -0.1) is 0 Å². The summed E-state index contributed by atoms with van der Waals surface area (Å²) >= 11 is 6.06. The predicted molar refractivity (Wildman–Crippen MR) is 66.0 cm³/mol. The zero-order valence-electron chi connectivity index (χ0n) is 9.56. The maximum atomic E-state index is 6.06. The highest BCUT2D eigenvalue weighted by molar-refractivity contribution is 6.31. The number of benzene rings is 1. The normalized spacial score (nSPS) is 12.6. The summed E-state index contributed by atoms with van der Waals surface area (Å²) in [4.78, 5) is 4.30. The van der Waals surface area contributed by atoms with Crippen molar-refractivity contribution in [3.8, 4) is 0 Å². The summed E-state index contributed by atoms with van der Waals surface area (Å²) in [5, 5.41) is 4.63. The van der Waals surface area contributed by atoms with Gasteiger partial charge in [0.25, 0.3) is 0 Å². The number of aromatic nitrogens is 2. The summed E-state index contributed by atoms with van der Waals surface area (Å²) in [6.45, 7) is 2.44. The van der Waals surface area contributed by atoms with E-state index in [1.807, 2.05) is 31.2 Å². The quantitative estimate of drug-likeness (QED) is 0.906. The van der Waals surface area contributed by atoms with E-state index in [2.05, 4.69) is 10.1 Å². The first-order valence-electron chi connectivity index (χ1n) is 5.46. The van der Waals surface area contributed by atoms with Gasteiger partial charge in [0, 0.05) is 23.9 Å². The minimum absolute atomic E-state index is 0.0856. The first kappa shape index (κ1) is 12.1. The highest BCUT2D eigenvalue weighted by Crippen LogP contribution is 2.18. The maximum Gasteiger partial charge on any atom is 0.230 e. The lowest BCUT2D eigenvalue weighted by Gasteiger charge is -2.00. The molecule has 0 fully saturated rings. The molecule has 0 aliphatic heterocycles. The minimum Gasteiger partial charge on any atom is -0.339 e. The lowest BCUT2D eigenvalue weighted by atomic mass is 10.1. The van der Waals surface area contributed by atoms with Crippen LogP contribution >= 0.6 is 11.6 Å². The molecule has 4 nitrogen and oxygen atoms in total. The highest BCUT2D eigenvalue weighted by atomic mass is 35.5. The van der Waals surface area contributed by atoms with Crippen LogP contribution in [0.3, 0.4) is 0 Å². The van der Waals surface area contributed by atoms with E-state index in [0.29, 0.717) is 29.7 Å². The summed E-state index contributed by atoms with van der Waals surface area (Å²) in [5.41, 5.74) is 6.53. The lowest BCUT2D eigenvalue weighted by molar-refractivity contribution is 0.357. The second-order valence-electron chi connectivity index (χ2n) is 3.95. The molecule has 2 rings (SSSR count). The summed E-state index contributed by atoms with van der Waals surface area (Å²) in [7, 11) is 0. The molecule has 90 valence electrons. The van der Waals surface area contributed by atoms with Crippen molar-refractivity contribution in [3.63, 3.8) is 0 Å². The Morgan fingerprint density at radius 2 is 2.18 bits per heavy atom. The van der Waals surface area contributed by atoms with Crippen LogP contribution < -0.4 is 5.73 Å². The van der Waals surface area contributed by atoms with Gasteiger partial charge < -0.3 is 10.3 Å². The molecular weight excluding hydrogens is 238 g/mol. The fraction of sp³-hybridized carbons (Fsp3) is 0.333. The van der Waals surface area contributed by atoms with E-state index in [-0.39, 0.29) is 5.92 Å². The lowest BCUT2D eigenvalue weighted by Crippen LogP contribution is -2.09. The number of nitrogens with zero attached hydrogens (tertiary/aromatic N) is 2. The molecule has 5 heteroatoms. The SMILES string of the molecule is CC(CN)c1nc(Cc2ccccc2Cl)no1. The molecule has 1 unspecified atom stereocenters. The van der Waals surface area contributed by atoms with Gasteiger partial charge in [-0.05, 0) is 11.6 Å². The van der Waals surface area contributed by atoms with Crippen LogP contribution in [0.25, 0.3) is 0 Å². The van der Waals surface area contributed by atoms with Crippen molar-refractivity contribution in [1.82, 2.24) is 10.1 Å². The van der Waals surface area contributed by atoms with Crippen LogP contribution in [0.1, 0.15) is 30.1 Å². The summed E-state index contributed by atoms with van der Waals surface area (Å²) < 4.78 is 5.15. The maximum absolute atomic E-state index is 6.06. The second kappa shape index (κ2) is 5.29. The van der Waals surface area contributed by atoms with E-state index in [1.165, 1.54) is 0 Å². The van der Waals surface area contributed by atoms with Crippen molar-refractivity contribution in [2.45, 2.75) is 19.3 Å². The van der Waals surface area contributed by atoms with E-state index in [9.17, 15) is 0 Å². The Morgan fingerprint density at radius 3 is 2.88 bits per heavy atom. The third-order valence-corrected chi connectivity index (χ3v) is 2.93. The molecule has 2 N–H and O–H groups in total. The van der Waals surface area contributed by atoms with Gasteiger partial charge >= 0.3 is 0 Å². The molecule has 0 bridgehead atoms. The molecule has 0 spiro atoms. The summed E-state index contributed by atoms with van der Waals surface area (Å²) in [6.07, 6.45) is 0.570. The first-order chi connectivity index (χ1) is 8.20. The Labute approximate surface area is 105 Å². The average Bonchev–Trinajstić information content (AvgIpc) is 2.80. The van der Waals surface area contributed by atoms with Gasteiger partial charge in [-0.1, -0.05) is 41.9 Å². The molecular formula is C12H14ClN3O. The van der Waals surface area contributed by atoms with Crippen LogP contribution in [0.2, 0.25) is 5.02 Å². The molecule has 1 aromatic carbocycles. The molecule has 0 saturated carbocycles. The average molecular weight is 252 g/mol. The number of halogens is 1. The number of hydrogen-bond acceptors (Lipinski definition) is 4. The van der Waals surface area contributed by atoms with Gasteiger partial charge in [-0.25, -0.2) is 0 Å². The summed E-state index contributed by atoms with van der Waals surface area (Å²) in [5.74, 6) is 1.30. The fourth-order valence-corrected chi connectivity index (χ4v) is 1.65. The third-order valence-electron chi connectivity index (χ3n) is 2.57. The zero-order chi connectivity index (χ0) is 12.3. The largest absolute Gasteiger partial charge is 0.339 e. The Morgan fingerprint density at radius 1 is 1.41 bits per heavy atom. The molecule has 1 aromatic heterocycles. The molecule has 0 aliphatic carbocycles. The van der Waals surface area contributed by atoms with Crippen molar-refractivity contribution in [1.29, 1.82) is 0 Å². The minimum atomic E-state index is 0.0856. The molecule has 1 heterocycles. The molecule has 0 saturated heterocycles. The van der Waals surface area contributed by atoms with Crippen molar-refractivity contribution < 1.29 is 4.52 Å². The van der Waals surface area contributed by atoms with Crippen LogP contribution in [-0.4, -0.2) is 16.7 Å². The van der Waals surface area contributed by atoms with E-state index in [1.54, 1.807) is 0 Å². The highest BCUT2D eigenvalue weighted by Gasteiger charge is 2.13. The second-order valence-corrected chi connectivity index (χ2v) is 4.36. The van der Waals surface area contributed by atoms with Gasteiger partial charge in [0.2, 0.25) is 5.89 Å². The summed E-state index contributed by atoms with van der Waals surface area (Å²) in [6, 6.07) is 7.62.